The number of rotatable bonds is 5. The molecule has 1 aliphatic heterocycles. The van der Waals surface area contributed by atoms with Crippen molar-refractivity contribution in [3.8, 4) is 0 Å². The summed E-state index contributed by atoms with van der Waals surface area (Å²) in [5.41, 5.74) is 2.16. The van der Waals surface area contributed by atoms with Crippen LogP contribution in [0.1, 0.15) is 80.1 Å². The van der Waals surface area contributed by atoms with Crippen LogP contribution >= 0.6 is 0 Å². The first-order valence-corrected chi connectivity index (χ1v) is 10.2. The zero-order valence-electron chi connectivity index (χ0n) is 16.7. The normalized spacial score (nSPS) is 34.6. The summed E-state index contributed by atoms with van der Waals surface area (Å²) in [4.78, 5) is 2.69. The van der Waals surface area contributed by atoms with Crippen LogP contribution in [0.15, 0.2) is 11.6 Å². The molecule has 1 saturated carbocycles. The first-order valence-electron chi connectivity index (χ1n) is 10.2. The Labute approximate surface area is 145 Å². The second kappa shape index (κ2) is 8.19. The van der Waals surface area contributed by atoms with Crippen molar-refractivity contribution in [1.82, 2.24) is 4.90 Å². The van der Waals surface area contributed by atoms with Crippen molar-refractivity contribution >= 4 is 0 Å². The molecule has 2 unspecified atom stereocenters. The van der Waals surface area contributed by atoms with E-state index in [1.807, 2.05) is 0 Å². The summed E-state index contributed by atoms with van der Waals surface area (Å²) >= 11 is 0. The van der Waals surface area contributed by atoms with Gasteiger partial charge in [0.25, 0.3) is 0 Å². The standard InChI is InChI=1S/C22H41N/c1-7-22(5,6)21-10-8-20(9-11-21)13-19(4)16-23-14-17(2)12-18(3)15-23/h13,17-18,20-21H,7-12,14-16H2,1-6H3. The Morgan fingerprint density at radius 2 is 1.61 bits per heavy atom. The molecule has 1 aliphatic carbocycles. The lowest BCUT2D eigenvalue weighted by Crippen LogP contribution is -2.39. The van der Waals surface area contributed by atoms with E-state index in [1.54, 1.807) is 5.57 Å². The summed E-state index contributed by atoms with van der Waals surface area (Å²) in [7, 11) is 0. The SMILES string of the molecule is CCC(C)(C)C1CCC(C=C(C)CN2CC(C)CC(C)C2)CC1. The van der Waals surface area contributed by atoms with Gasteiger partial charge in [0.2, 0.25) is 0 Å². The van der Waals surface area contributed by atoms with Gasteiger partial charge in [0.15, 0.2) is 0 Å². The van der Waals surface area contributed by atoms with Crippen LogP contribution in [-0.2, 0) is 0 Å². The fraction of sp³-hybridized carbons (Fsp3) is 0.909. The second-order valence-electron chi connectivity index (χ2n) is 9.61. The van der Waals surface area contributed by atoms with Crippen LogP contribution < -0.4 is 0 Å². The number of hydrogen-bond donors (Lipinski definition) is 0. The molecule has 134 valence electrons. The molecule has 2 fully saturated rings. The second-order valence-corrected chi connectivity index (χ2v) is 9.61. The van der Waals surface area contributed by atoms with Crippen molar-refractivity contribution in [2.45, 2.75) is 80.1 Å². The van der Waals surface area contributed by atoms with E-state index < -0.39 is 0 Å². The predicted molar refractivity (Wildman–Crippen MR) is 103 cm³/mol. The smallest absolute Gasteiger partial charge is 0.0190 e. The van der Waals surface area contributed by atoms with Crippen LogP contribution in [0.3, 0.4) is 0 Å². The van der Waals surface area contributed by atoms with Gasteiger partial charge >= 0.3 is 0 Å². The van der Waals surface area contributed by atoms with Gasteiger partial charge in [0, 0.05) is 19.6 Å². The summed E-state index contributed by atoms with van der Waals surface area (Å²) in [6, 6.07) is 0. The molecule has 23 heavy (non-hydrogen) atoms. The Bertz CT molecular complexity index is 377. The van der Waals surface area contributed by atoms with Gasteiger partial charge in [-0.3, -0.25) is 4.90 Å². The molecular weight excluding hydrogens is 278 g/mol. The Balaban J connectivity index is 1.81. The van der Waals surface area contributed by atoms with Gasteiger partial charge in [0.05, 0.1) is 0 Å². The molecule has 1 heteroatoms. The van der Waals surface area contributed by atoms with E-state index in [0.717, 1.165) is 23.7 Å². The van der Waals surface area contributed by atoms with Crippen molar-refractivity contribution in [2.75, 3.05) is 19.6 Å². The minimum atomic E-state index is 0.545. The maximum Gasteiger partial charge on any atom is 0.0190 e. The van der Waals surface area contributed by atoms with E-state index in [4.69, 9.17) is 0 Å². The fourth-order valence-electron chi connectivity index (χ4n) is 5.08. The average Bonchev–Trinajstić information content (AvgIpc) is 2.46. The first kappa shape index (κ1) is 19.0. The van der Waals surface area contributed by atoms with Gasteiger partial charge in [-0.25, -0.2) is 0 Å². The monoisotopic (exact) mass is 319 g/mol. The van der Waals surface area contributed by atoms with Gasteiger partial charge in [-0.1, -0.05) is 52.7 Å². The number of nitrogens with zero attached hydrogens (tertiary/aromatic N) is 1. The highest BCUT2D eigenvalue weighted by molar-refractivity contribution is 5.05. The maximum atomic E-state index is 2.69. The molecule has 0 spiro atoms. The zero-order chi connectivity index (χ0) is 17.0. The van der Waals surface area contributed by atoms with E-state index in [-0.39, 0.29) is 0 Å². The Hall–Kier alpha value is -0.300. The van der Waals surface area contributed by atoms with Crippen LogP contribution in [0.2, 0.25) is 0 Å². The number of allylic oxidation sites excluding steroid dienone is 1. The Morgan fingerprint density at radius 1 is 1.04 bits per heavy atom. The summed E-state index contributed by atoms with van der Waals surface area (Å²) in [6.07, 6.45) is 11.1. The average molecular weight is 320 g/mol. The highest BCUT2D eigenvalue weighted by Gasteiger charge is 2.31. The van der Waals surface area contributed by atoms with Crippen LogP contribution in [-0.4, -0.2) is 24.5 Å². The summed E-state index contributed by atoms with van der Waals surface area (Å²) in [5.74, 6) is 3.54. The van der Waals surface area contributed by atoms with Gasteiger partial charge in [-0.15, -0.1) is 0 Å². The molecule has 0 amide bonds. The molecule has 0 aromatic heterocycles. The van der Waals surface area contributed by atoms with Crippen molar-refractivity contribution in [3.05, 3.63) is 11.6 Å². The van der Waals surface area contributed by atoms with Gasteiger partial charge in [-0.2, -0.15) is 0 Å². The third kappa shape index (κ3) is 5.62. The van der Waals surface area contributed by atoms with E-state index in [2.05, 4.69) is 52.5 Å². The predicted octanol–water partition coefficient (Wildman–Crippen LogP) is 6.15. The third-order valence-corrected chi connectivity index (χ3v) is 6.73. The van der Waals surface area contributed by atoms with Gasteiger partial charge < -0.3 is 0 Å². The largest absolute Gasteiger partial charge is 0.299 e. The van der Waals surface area contributed by atoms with Crippen molar-refractivity contribution in [3.63, 3.8) is 0 Å². The number of hydrogen-bond acceptors (Lipinski definition) is 1. The summed E-state index contributed by atoms with van der Waals surface area (Å²) in [6.45, 7) is 18.3. The van der Waals surface area contributed by atoms with Crippen molar-refractivity contribution in [1.29, 1.82) is 0 Å². The molecule has 0 bridgehead atoms. The quantitative estimate of drug-likeness (QED) is 0.549. The third-order valence-electron chi connectivity index (χ3n) is 6.73. The Morgan fingerprint density at radius 3 is 2.13 bits per heavy atom. The molecule has 0 aromatic carbocycles. The van der Waals surface area contributed by atoms with Crippen molar-refractivity contribution < 1.29 is 0 Å². The molecule has 0 radical (unpaired) electrons. The van der Waals surface area contributed by atoms with E-state index in [0.29, 0.717) is 5.41 Å². The van der Waals surface area contributed by atoms with Crippen LogP contribution in [0.5, 0.6) is 0 Å². The molecule has 2 aliphatic rings. The van der Waals surface area contributed by atoms with Crippen LogP contribution in [0.4, 0.5) is 0 Å². The Kier molecular flexibility index (Phi) is 6.77. The van der Waals surface area contributed by atoms with Crippen molar-refractivity contribution in [2.24, 2.45) is 29.1 Å². The molecule has 1 heterocycles. The van der Waals surface area contributed by atoms with Crippen LogP contribution in [0.25, 0.3) is 0 Å². The highest BCUT2D eigenvalue weighted by Crippen LogP contribution is 2.42. The van der Waals surface area contributed by atoms with Crippen LogP contribution in [0, 0.1) is 29.1 Å². The molecule has 1 nitrogen and oxygen atoms in total. The van der Waals surface area contributed by atoms with E-state index >= 15 is 0 Å². The molecule has 2 atom stereocenters. The number of piperidine rings is 1. The lowest BCUT2D eigenvalue weighted by atomic mass is 9.67. The summed E-state index contributed by atoms with van der Waals surface area (Å²) in [5, 5.41) is 0. The minimum absolute atomic E-state index is 0.545. The summed E-state index contributed by atoms with van der Waals surface area (Å²) < 4.78 is 0. The van der Waals surface area contributed by atoms with E-state index in [1.165, 1.54) is 58.2 Å². The molecule has 0 aromatic rings. The topological polar surface area (TPSA) is 3.24 Å². The molecule has 2 rings (SSSR count). The molecular formula is C22H41N. The lowest BCUT2D eigenvalue weighted by Gasteiger charge is -2.38. The number of likely N-dealkylation sites (tertiary alicyclic amines) is 1. The van der Waals surface area contributed by atoms with Gasteiger partial charge in [-0.05, 0) is 68.1 Å². The highest BCUT2D eigenvalue weighted by atomic mass is 15.1. The van der Waals surface area contributed by atoms with E-state index in [9.17, 15) is 0 Å². The molecule has 0 N–H and O–H groups in total. The minimum Gasteiger partial charge on any atom is -0.299 e. The van der Waals surface area contributed by atoms with Gasteiger partial charge in [0.1, 0.15) is 0 Å². The zero-order valence-corrected chi connectivity index (χ0v) is 16.7. The fourth-order valence-corrected chi connectivity index (χ4v) is 5.08. The molecule has 1 saturated heterocycles. The lowest BCUT2D eigenvalue weighted by molar-refractivity contribution is 0.137. The maximum absolute atomic E-state index is 2.69. The first-order chi connectivity index (χ1) is 10.8.